The molecule has 0 bridgehead atoms. The molecule has 20 heavy (non-hydrogen) atoms. The van der Waals surface area contributed by atoms with E-state index in [1.54, 1.807) is 0 Å². The zero-order chi connectivity index (χ0) is 15.9. The van der Waals surface area contributed by atoms with E-state index >= 15 is 0 Å². The summed E-state index contributed by atoms with van der Waals surface area (Å²) in [5, 5.41) is 22.7. The number of carbonyl (C=O) groups excluding carboxylic acids is 2. The summed E-state index contributed by atoms with van der Waals surface area (Å²) in [6, 6.07) is -3.47. The van der Waals surface area contributed by atoms with Crippen molar-refractivity contribution in [3.8, 4) is 0 Å². The highest BCUT2D eigenvalue weighted by atomic mass is 32.1. The highest BCUT2D eigenvalue weighted by Crippen LogP contribution is 1.98. The van der Waals surface area contributed by atoms with E-state index in [2.05, 4.69) is 35.9 Å². The zero-order valence-corrected chi connectivity index (χ0v) is 12.6. The molecule has 4 atom stereocenters. The molecule has 0 fully saturated rings. The van der Waals surface area contributed by atoms with Gasteiger partial charge in [0.1, 0.15) is 12.1 Å². The van der Waals surface area contributed by atoms with Crippen LogP contribution in [0.2, 0.25) is 0 Å². The van der Waals surface area contributed by atoms with Crippen LogP contribution in [-0.4, -0.2) is 63.7 Å². The Balaban J connectivity index is 4.79. The van der Waals surface area contributed by atoms with Crippen molar-refractivity contribution in [2.24, 2.45) is 5.73 Å². The number of thiol groups is 2. The predicted octanol–water partition coefficient (Wildman–Crippen LogP) is -2.39. The summed E-state index contributed by atoms with van der Waals surface area (Å²) in [4.78, 5) is 34.2. The maximum atomic E-state index is 11.9. The number of aliphatic carboxylic acids is 1. The second-order valence-electron chi connectivity index (χ2n) is 4.10. The molecule has 0 saturated heterocycles. The van der Waals surface area contributed by atoms with Crippen molar-refractivity contribution >= 4 is 43.0 Å². The van der Waals surface area contributed by atoms with E-state index in [9.17, 15) is 19.5 Å². The molecule has 8 nitrogen and oxygen atoms in total. The van der Waals surface area contributed by atoms with Crippen LogP contribution in [0.15, 0.2) is 0 Å². The fourth-order valence-corrected chi connectivity index (χ4v) is 1.61. The van der Waals surface area contributed by atoms with Gasteiger partial charge in [-0.2, -0.15) is 25.3 Å². The van der Waals surface area contributed by atoms with E-state index in [1.165, 1.54) is 6.92 Å². The monoisotopic (exact) mass is 325 g/mol. The number of hydrogen-bond donors (Lipinski definition) is 7. The van der Waals surface area contributed by atoms with Crippen molar-refractivity contribution < 1.29 is 24.6 Å². The van der Waals surface area contributed by atoms with Gasteiger partial charge in [-0.3, -0.25) is 9.59 Å². The Morgan fingerprint density at radius 2 is 1.70 bits per heavy atom. The van der Waals surface area contributed by atoms with Crippen LogP contribution in [0.5, 0.6) is 0 Å². The van der Waals surface area contributed by atoms with E-state index < -0.39 is 42.0 Å². The molecule has 0 rings (SSSR count). The molecule has 10 heteroatoms. The fourth-order valence-electron chi connectivity index (χ4n) is 1.20. The number of nitrogens with one attached hydrogen (secondary N) is 2. The number of aliphatic hydroxyl groups is 1. The first-order chi connectivity index (χ1) is 9.24. The molecule has 0 aromatic heterocycles. The van der Waals surface area contributed by atoms with Crippen LogP contribution in [0.1, 0.15) is 6.92 Å². The summed E-state index contributed by atoms with van der Waals surface area (Å²) in [6.45, 7) is 1.28. The molecular formula is C10H19N3O5S2. The van der Waals surface area contributed by atoms with Gasteiger partial charge in [0.25, 0.3) is 0 Å². The van der Waals surface area contributed by atoms with Crippen molar-refractivity contribution in [2.75, 3.05) is 11.5 Å². The molecule has 116 valence electrons. The second kappa shape index (κ2) is 9.06. The average Bonchev–Trinajstić information content (AvgIpc) is 2.39. The SMILES string of the molecule is C[C@@H](O)[C@H](NC(=O)[C@@H](N)CS)C(=O)N[C@@H](CS)C(=O)O. The van der Waals surface area contributed by atoms with Crippen molar-refractivity contribution in [1.82, 2.24) is 10.6 Å². The minimum atomic E-state index is -1.31. The van der Waals surface area contributed by atoms with Crippen molar-refractivity contribution in [2.45, 2.75) is 31.2 Å². The number of rotatable bonds is 8. The maximum absolute atomic E-state index is 11.9. The molecule has 0 heterocycles. The highest BCUT2D eigenvalue weighted by Gasteiger charge is 2.30. The summed E-state index contributed by atoms with van der Waals surface area (Å²) in [7, 11) is 0. The van der Waals surface area contributed by atoms with Crippen molar-refractivity contribution in [1.29, 1.82) is 0 Å². The summed E-state index contributed by atoms with van der Waals surface area (Å²) in [5.74, 6) is -2.83. The molecule has 6 N–H and O–H groups in total. The van der Waals surface area contributed by atoms with Gasteiger partial charge in [0, 0.05) is 11.5 Å². The van der Waals surface area contributed by atoms with E-state index in [-0.39, 0.29) is 11.5 Å². The third-order valence-electron chi connectivity index (χ3n) is 2.39. The topological polar surface area (TPSA) is 142 Å². The van der Waals surface area contributed by atoms with Crippen molar-refractivity contribution in [3.63, 3.8) is 0 Å². The average molecular weight is 325 g/mol. The van der Waals surface area contributed by atoms with Gasteiger partial charge in [-0.05, 0) is 6.92 Å². The molecule has 0 aliphatic carbocycles. The third-order valence-corrected chi connectivity index (χ3v) is 3.15. The van der Waals surface area contributed by atoms with Crippen LogP contribution in [0.25, 0.3) is 0 Å². The molecule has 0 radical (unpaired) electrons. The molecule has 0 unspecified atom stereocenters. The normalized spacial score (nSPS) is 16.6. The van der Waals surface area contributed by atoms with Gasteiger partial charge in [0.05, 0.1) is 12.1 Å². The Bertz CT molecular complexity index is 367. The Morgan fingerprint density at radius 1 is 1.15 bits per heavy atom. The van der Waals surface area contributed by atoms with Crippen molar-refractivity contribution in [3.05, 3.63) is 0 Å². The van der Waals surface area contributed by atoms with Crippen LogP contribution in [0.4, 0.5) is 0 Å². The molecule has 0 aromatic rings. The number of hydrogen-bond acceptors (Lipinski definition) is 7. The fraction of sp³-hybridized carbons (Fsp3) is 0.700. The van der Waals surface area contributed by atoms with E-state index in [0.29, 0.717) is 0 Å². The van der Waals surface area contributed by atoms with Gasteiger partial charge in [0.15, 0.2) is 0 Å². The minimum absolute atomic E-state index is 0.0639. The summed E-state index contributed by atoms with van der Waals surface area (Å²) in [6.07, 6.45) is -1.22. The van der Waals surface area contributed by atoms with Gasteiger partial charge in [0.2, 0.25) is 11.8 Å². The van der Waals surface area contributed by atoms with Crippen LogP contribution < -0.4 is 16.4 Å². The summed E-state index contributed by atoms with van der Waals surface area (Å²) in [5.41, 5.74) is 5.43. The summed E-state index contributed by atoms with van der Waals surface area (Å²) < 4.78 is 0. The Morgan fingerprint density at radius 3 is 2.05 bits per heavy atom. The first-order valence-corrected chi connectivity index (χ1v) is 7.00. The standard InChI is InChI=1S/C10H19N3O5S2/c1-4(14)7(13-8(15)5(11)2-19)9(16)12-6(3-20)10(17)18/h4-7,14,19-20H,2-3,11H2,1H3,(H,12,16)(H,13,15)(H,17,18)/t4-,5+,6+,7+/m1/s1. The van der Waals surface area contributed by atoms with Gasteiger partial charge in [-0.25, -0.2) is 4.79 Å². The number of amides is 2. The minimum Gasteiger partial charge on any atom is -0.480 e. The number of aliphatic hydroxyl groups excluding tert-OH is 1. The molecule has 0 aromatic carbocycles. The lowest BCUT2D eigenvalue weighted by molar-refractivity contribution is -0.142. The van der Waals surface area contributed by atoms with E-state index in [4.69, 9.17) is 10.8 Å². The van der Waals surface area contributed by atoms with Gasteiger partial charge in [-0.1, -0.05) is 0 Å². The third kappa shape index (κ3) is 5.99. The summed E-state index contributed by atoms with van der Waals surface area (Å²) >= 11 is 7.63. The smallest absolute Gasteiger partial charge is 0.327 e. The molecule has 2 amide bonds. The van der Waals surface area contributed by atoms with Crippen LogP contribution in [0.3, 0.4) is 0 Å². The van der Waals surface area contributed by atoms with Crippen LogP contribution >= 0.6 is 25.3 Å². The number of carbonyl (C=O) groups is 3. The largest absolute Gasteiger partial charge is 0.480 e. The molecule has 0 aliphatic rings. The Labute approximate surface area is 127 Å². The molecular weight excluding hydrogens is 306 g/mol. The number of nitrogens with two attached hydrogens (primary N) is 1. The first-order valence-electron chi connectivity index (χ1n) is 5.73. The van der Waals surface area contributed by atoms with Crippen LogP contribution in [-0.2, 0) is 14.4 Å². The Kier molecular flexibility index (Phi) is 8.62. The van der Waals surface area contributed by atoms with Gasteiger partial charge in [-0.15, -0.1) is 0 Å². The Hall–Kier alpha value is -0.970. The lowest BCUT2D eigenvalue weighted by atomic mass is 10.1. The van der Waals surface area contributed by atoms with E-state index in [0.717, 1.165) is 0 Å². The highest BCUT2D eigenvalue weighted by molar-refractivity contribution is 7.80. The van der Waals surface area contributed by atoms with Crippen LogP contribution in [0, 0.1) is 0 Å². The number of carboxylic acid groups (broad SMARTS) is 1. The molecule has 0 spiro atoms. The van der Waals surface area contributed by atoms with E-state index in [1.807, 2.05) is 0 Å². The quantitative estimate of drug-likeness (QED) is 0.248. The first kappa shape index (κ1) is 19.0. The lowest BCUT2D eigenvalue weighted by Gasteiger charge is -2.23. The maximum Gasteiger partial charge on any atom is 0.327 e. The molecule has 0 aliphatic heterocycles. The predicted molar refractivity (Wildman–Crippen MR) is 78.9 cm³/mol. The second-order valence-corrected chi connectivity index (χ2v) is 4.83. The molecule has 0 saturated carbocycles. The zero-order valence-electron chi connectivity index (χ0n) is 10.8. The number of carboxylic acids is 1. The van der Waals surface area contributed by atoms with Gasteiger partial charge >= 0.3 is 5.97 Å². The van der Waals surface area contributed by atoms with Gasteiger partial charge < -0.3 is 26.6 Å². The lowest BCUT2D eigenvalue weighted by Crippen LogP contribution is -2.58.